The lowest BCUT2D eigenvalue weighted by molar-refractivity contribution is -0.308. The summed E-state index contributed by atoms with van der Waals surface area (Å²) < 4.78 is 28.9. The number of ketones is 1. The van der Waals surface area contributed by atoms with Crippen LogP contribution in [-0.2, 0) is 38.1 Å². The monoisotopic (exact) mass is 1130 g/mol. The predicted octanol–water partition coefficient (Wildman–Crippen LogP) is 2.23. The van der Waals surface area contributed by atoms with Crippen molar-refractivity contribution in [3.63, 3.8) is 0 Å². The number of hydrogen-bond acceptors (Lipinski definition) is 21. The van der Waals surface area contributed by atoms with E-state index in [9.17, 15) is 70.6 Å². The molecule has 0 saturated carbocycles. The molecule has 1 aromatic carbocycles. The summed E-state index contributed by atoms with van der Waals surface area (Å²) in [4.78, 5) is 39.4. The largest absolute Gasteiger partial charge is 0.469 e. The van der Waals surface area contributed by atoms with Crippen molar-refractivity contribution in [3.05, 3.63) is 115 Å². The fourth-order valence-electron chi connectivity index (χ4n) is 10.2. The van der Waals surface area contributed by atoms with E-state index < -0.39 is 166 Å². The van der Waals surface area contributed by atoms with Gasteiger partial charge in [0, 0.05) is 50.1 Å². The number of nitrogen functional groups attached to an aromatic ring is 1. The van der Waals surface area contributed by atoms with E-state index >= 15 is 0 Å². The van der Waals surface area contributed by atoms with Gasteiger partial charge in [0.25, 0.3) is 0 Å². The third-order valence-corrected chi connectivity index (χ3v) is 14.5. The van der Waals surface area contributed by atoms with Crippen LogP contribution in [0.15, 0.2) is 109 Å². The van der Waals surface area contributed by atoms with Crippen LogP contribution in [0.5, 0.6) is 0 Å². The van der Waals surface area contributed by atoms with Crippen LogP contribution in [0.25, 0.3) is 0 Å². The highest BCUT2D eigenvalue weighted by Crippen LogP contribution is 2.39. The van der Waals surface area contributed by atoms with Crippen LogP contribution >= 0.6 is 0 Å². The molecule has 0 spiro atoms. The van der Waals surface area contributed by atoms with Crippen molar-refractivity contribution in [2.45, 2.75) is 201 Å². The number of methoxy groups -OCH3 is 1. The fourth-order valence-corrected chi connectivity index (χ4v) is 10.2. The van der Waals surface area contributed by atoms with E-state index in [-0.39, 0.29) is 43.9 Å². The zero-order chi connectivity index (χ0) is 59.1. The number of aliphatic hydroxyl groups is 11. The first-order valence-corrected chi connectivity index (χ1v) is 27.5. The van der Waals surface area contributed by atoms with Crippen LogP contribution in [0.1, 0.15) is 109 Å². The van der Waals surface area contributed by atoms with Gasteiger partial charge >= 0.3 is 11.9 Å². The Morgan fingerprint density at radius 1 is 0.713 bits per heavy atom. The minimum absolute atomic E-state index is 0.0688. The number of rotatable bonds is 10. The summed E-state index contributed by atoms with van der Waals surface area (Å²) >= 11 is 0. The third kappa shape index (κ3) is 23.2. The number of anilines is 1. The molecule has 2 bridgehead atoms. The van der Waals surface area contributed by atoms with Crippen molar-refractivity contribution in [1.29, 1.82) is 0 Å². The zero-order valence-corrected chi connectivity index (χ0v) is 46.2. The summed E-state index contributed by atoms with van der Waals surface area (Å²) in [7, 11) is 1.11. The lowest BCUT2D eigenvalue weighted by atomic mass is 9.82. The van der Waals surface area contributed by atoms with Gasteiger partial charge in [-0.1, -0.05) is 111 Å². The second-order valence-electron chi connectivity index (χ2n) is 21.6. The lowest BCUT2D eigenvalue weighted by Crippen LogP contribution is -2.61. The van der Waals surface area contributed by atoms with Gasteiger partial charge < -0.3 is 91.3 Å². The van der Waals surface area contributed by atoms with Crippen molar-refractivity contribution in [2.75, 3.05) is 12.8 Å². The molecule has 2 saturated heterocycles. The second kappa shape index (κ2) is 34.0. The zero-order valence-electron chi connectivity index (χ0n) is 46.2. The molecule has 80 heavy (non-hydrogen) atoms. The van der Waals surface area contributed by atoms with E-state index in [0.29, 0.717) is 17.7 Å². The molecular formula is C59H88N2O19. The third-order valence-electron chi connectivity index (χ3n) is 14.5. The second-order valence-corrected chi connectivity index (χ2v) is 21.6. The van der Waals surface area contributed by atoms with Gasteiger partial charge in [-0.15, -0.1) is 0 Å². The normalized spacial score (nSPS) is 38.5. The van der Waals surface area contributed by atoms with Gasteiger partial charge in [0.15, 0.2) is 12.1 Å². The average molecular weight is 1130 g/mol. The van der Waals surface area contributed by atoms with Gasteiger partial charge in [0.1, 0.15) is 23.9 Å². The predicted molar refractivity (Wildman–Crippen MR) is 295 cm³/mol. The van der Waals surface area contributed by atoms with Gasteiger partial charge in [-0.25, -0.2) is 0 Å². The van der Waals surface area contributed by atoms with Crippen LogP contribution in [0.4, 0.5) is 5.69 Å². The van der Waals surface area contributed by atoms with Gasteiger partial charge in [-0.2, -0.15) is 0 Å². The Balaban J connectivity index is 1.55. The van der Waals surface area contributed by atoms with E-state index in [4.69, 9.17) is 35.2 Å². The van der Waals surface area contributed by atoms with E-state index in [1.54, 1.807) is 110 Å². The molecule has 20 atom stereocenters. The van der Waals surface area contributed by atoms with Crippen molar-refractivity contribution in [1.82, 2.24) is 0 Å². The molecule has 0 aliphatic carbocycles. The standard InChI is InChI=1S/C59H88N2O19/c1-35-17-15-13-11-9-7-5-6-8-10-12-14-16-18-47(78-58-55(73)53(61)54(72)37(3)77-58)32-50-52(57(74)76-4)49(70)34-59(75,80-50)33-46(68)29-44(66)27-42(64)25-41(63)26-43(65)28-45(67)31-51(71)79-56(35)36(2)19-24-40(62)30-48(69)38-20-22-39(60)23-21-38/h5-18,20-23,35-37,40-42,44-50,52-56,58,62-64,66-70,72-73,75H,19,24-34,60-61H2,1-4H3/b6-5+,9-7+,10-8+,13-11+,14-12+,17-15+,18-16+. The highest BCUT2D eigenvalue weighted by molar-refractivity contribution is 5.80. The summed E-state index contributed by atoms with van der Waals surface area (Å²) in [6.07, 6.45) is 2.42. The molecule has 3 aliphatic heterocycles. The summed E-state index contributed by atoms with van der Waals surface area (Å²) in [5, 5.41) is 120. The average Bonchev–Trinajstić information content (AvgIpc) is 3.48. The van der Waals surface area contributed by atoms with Crippen molar-refractivity contribution in [2.24, 2.45) is 23.5 Å². The summed E-state index contributed by atoms with van der Waals surface area (Å²) in [6.45, 7) is 5.26. The number of carbonyl (C=O) groups is 3. The lowest BCUT2D eigenvalue weighted by Gasteiger charge is -2.45. The molecule has 21 nitrogen and oxygen atoms in total. The summed E-state index contributed by atoms with van der Waals surface area (Å²) in [5.41, 5.74) is 13.0. The topological polar surface area (TPSA) is 372 Å². The number of cyclic esters (lactones) is 1. The number of ether oxygens (including phenoxy) is 5. The van der Waals surface area contributed by atoms with Gasteiger partial charge in [0.2, 0.25) is 0 Å². The molecule has 0 amide bonds. The molecule has 0 radical (unpaired) electrons. The molecular weight excluding hydrogens is 1040 g/mol. The number of allylic oxidation sites excluding steroid dienone is 12. The Labute approximate surface area is 468 Å². The first-order valence-electron chi connectivity index (χ1n) is 27.5. The number of esters is 2. The maximum atomic E-state index is 13.3. The summed E-state index contributed by atoms with van der Waals surface area (Å²) in [6, 6.07) is 5.57. The smallest absolute Gasteiger partial charge is 0.313 e. The number of nitrogens with two attached hydrogens (primary N) is 2. The first kappa shape index (κ1) is 67.7. The van der Waals surface area contributed by atoms with Gasteiger partial charge in [-0.3, -0.25) is 14.4 Å². The summed E-state index contributed by atoms with van der Waals surface area (Å²) in [5.74, 6) is -6.58. The quantitative estimate of drug-likeness (QED) is 0.118. The minimum atomic E-state index is -2.29. The van der Waals surface area contributed by atoms with Crippen LogP contribution in [0, 0.1) is 17.8 Å². The van der Waals surface area contributed by atoms with Crippen molar-refractivity contribution < 1.29 is 94.2 Å². The number of benzene rings is 1. The number of hydrogen-bond donors (Lipinski definition) is 13. The number of carbonyl (C=O) groups excluding carboxylic acids is 3. The molecule has 0 aromatic heterocycles. The SMILES string of the molecule is COC(=O)C1C(O)CC2(O)CC(O)CC(O)CC(O)CC(O)CC(=O)CC(O)CC(=O)OC(C(C)CCC(O)CC(O)c3ccc(N)cc3)C(C)/C=C/C=C/C=C/C=C/C=C/C=C/C=C/C(OC3OC(C)C(O)C(N)C3O)CC1O2. The molecule has 2 fully saturated rings. The maximum absolute atomic E-state index is 13.3. The Hall–Kier alpha value is -4.79. The van der Waals surface area contributed by atoms with Crippen molar-refractivity contribution >= 4 is 23.4 Å². The van der Waals surface area contributed by atoms with E-state index in [1.165, 1.54) is 0 Å². The first-order chi connectivity index (χ1) is 37.9. The minimum Gasteiger partial charge on any atom is -0.469 e. The molecule has 1 aromatic rings. The van der Waals surface area contributed by atoms with Gasteiger partial charge in [-0.05, 0) is 62.6 Å². The molecule has 3 heterocycles. The molecule has 3 aliphatic rings. The van der Waals surface area contributed by atoms with E-state index in [2.05, 4.69) is 0 Å². The Kier molecular flexibility index (Phi) is 28.8. The molecule has 448 valence electrons. The Morgan fingerprint density at radius 2 is 1.26 bits per heavy atom. The molecule has 15 N–H and O–H groups in total. The number of fused-ring (bicyclic) bond motifs is 2. The highest BCUT2D eigenvalue weighted by atomic mass is 16.7. The van der Waals surface area contributed by atoms with Crippen LogP contribution in [0.2, 0.25) is 0 Å². The number of Topliss-reactive ketones (excluding diaryl/α,β-unsaturated/α-hetero) is 1. The van der Waals surface area contributed by atoms with E-state index in [1.807, 2.05) is 19.9 Å². The van der Waals surface area contributed by atoms with Crippen LogP contribution in [0.3, 0.4) is 0 Å². The number of aliphatic hydroxyl groups excluding tert-OH is 10. The maximum Gasteiger partial charge on any atom is 0.313 e. The molecule has 20 unspecified atom stereocenters. The fraction of sp³-hybridized carbons (Fsp3) is 0.610. The molecule has 21 heteroatoms. The Morgan fingerprint density at radius 3 is 1.86 bits per heavy atom. The Bertz CT molecular complexity index is 2250. The highest BCUT2D eigenvalue weighted by Gasteiger charge is 2.51. The van der Waals surface area contributed by atoms with Crippen LogP contribution < -0.4 is 11.5 Å². The van der Waals surface area contributed by atoms with Crippen LogP contribution in [-0.4, -0.2) is 178 Å². The van der Waals surface area contributed by atoms with Gasteiger partial charge in [0.05, 0.1) is 92.8 Å². The van der Waals surface area contributed by atoms with Crippen molar-refractivity contribution in [3.8, 4) is 0 Å². The molecule has 4 rings (SSSR count). The van der Waals surface area contributed by atoms with E-state index in [0.717, 1.165) is 7.11 Å².